The quantitative estimate of drug-likeness (QED) is 0.347. The van der Waals surface area contributed by atoms with E-state index < -0.39 is 0 Å². The van der Waals surface area contributed by atoms with Crippen LogP contribution in [-0.2, 0) is 0 Å². The van der Waals surface area contributed by atoms with E-state index >= 15 is 0 Å². The largest absolute Gasteiger partial charge is 0.269 e. The maximum Gasteiger partial charge on any atom is 0 e. The second kappa shape index (κ2) is 343000. The molecule has 33 valence electrons. The van der Waals surface area contributed by atoms with Crippen molar-refractivity contribution in [1.82, 2.24) is 0 Å². The molecule has 0 spiro atoms. The van der Waals surface area contributed by atoms with Crippen LogP contribution >= 0.6 is 0 Å². The van der Waals surface area contributed by atoms with Crippen molar-refractivity contribution in [1.29, 1.82) is 0 Å². The van der Waals surface area contributed by atoms with Gasteiger partial charge in [-0.05, 0) is 0 Å². The minimum Gasteiger partial charge on any atom is -0.269 e. The van der Waals surface area contributed by atoms with Crippen LogP contribution in [0, 0.1) is 0 Å². The highest BCUT2D eigenvalue weighted by atomic mass is 19.0. The van der Waals surface area contributed by atoms with Gasteiger partial charge in [0, 0.05) is 25.2 Å². The van der Waals surface area contributed by atoms with E-state index in [-0.39, 0.29) is 39.4 Å². The lowest BCUT2D eigenvalue weighted by Gasteiger charge is -0.270. The fraction of sp³-hybridized carbons (Fsp3) is 0. The molecule has 0 rings (SSSR count). The Bertz CT molecular complexity index is 6.00. The first kappa shape index (κ1) is 644000. The summed E-state index contributed by atoms with van der Waals surface area (Å²) in [7, 11) is 0. The molecule has 9 radical (unpaired) electrons. The van der Waals surface area contributed by atoms with Crippen molar-refractivity contribution in [2.75, 3.05) is 0 Å². The summed E-state index contributed by atoms with van der Waals surface area (Å²) >= 11 is 0. The maximum atomic E-state index is 0. The predicted octanol–water partition coefficient (Wildman–Crippen LogP) is -0.685. The fourth-order valence-electron chi connectivity index (χ4n) is 0. The Kier molecular flexibility index (Phi) is 36800000000. The summed E-state index contributed by atoms with van der Waals surface area (Å²) < 4.78 is 0. The van der Waals surface area contributed by atoms with Crippen LogP contribution in [0.15, 0.2) is 0 Å². The Labute approximate surface area is 40.5 Å². The fourth-order valence-corrected chi connectivity index (χ4v) is 0. The van der Waals surface area contributed by atoms with Gasteiger partial charge in [-0.15, -0.1) is 0 Å². The molecule has 0 saturated carbocycles. The van der Waals surface area contributed by atoms with Crippen LogP contribution < -0.4 is 0 Å². The second-order valence-corrected chi connectivity index (χ2v) is 0. The smallest absolute Gasteiger partial charge is 0 e. The van der Waals surface area contributed by atoms with Crippen molar-refractivity contribution in [2.24, 2.45) is 0 Å². The van der Waals surface area contributed by atoms with Gasteiger partial charge < -0.3 is 0 Å². The molecular weight excluding hydrogens is 89.4 g/mol. The Hall–Kier alpha value is -0.0152. The molecule has 0 aromatic heterocycles. The Morgan fingerprint density at radius 2 is 0.333 bits per heavy atom. The van der Waals surface area contributed by atoms with Gasteiger partial charge >= 0.3 is 0 Å². The normalized spacial score (nSPS) is 0. The van der Waals surface area contributed by atoms with Gasteiger partial charge in [0.15, 0.2) is 0 Å². The molecule has 0 aromatic carbocycles. The number of rotatable bonds is 0. The van der Waals surface area contributed by atoms with Crippen LogP contribution in [-0.4, -0.2) is 25.2 Å². The Balaban J connectivity index is 0. The Morgan fingerprint density at radius 3 is 0.333 bits per heavy atom. The van der Waals surface area contributed by atoms with Crippen LogP contribution in [0.4, 0.5) is 14.1 Å². The summed E-state index contributed by atoms with van der Waals surface area (Å²) in [6.07, 6.45) is 0. The second-order valence-electron chi connectivity index (χ2n) is 0. The molecular formula is H3B3F3. The van der Waals surface area contributed by atoms with E-state index in [2.05, 4.69) is 0 Å². The SMILES string of the molecule is F.F.F.[B].[B].[B]. The van der Waals surface area contributed by atoms with Crippen molar-refractivity contribution in [3.05, 3.63) is 0 Å². The van der Waals surface area contributed by atoms with Gasteiger partial charge in [-0.3, -0.25) is 14.1 Å². The third kappa shape index (κ3) is 154000. The van der Waals surface area contributed by atoms with E-state index in [4.69, 9.17) is 0 Å². The molecule has 0 aliphatic carbocycles. The molecule has 0 fully saturated rings. The summed E-state index contributed by atoms with van der Waals surface area (Å²) in [6, 6.07) is 0. The summed E-state index contributed by atoms with van der Waals surface area (Å²) in [4.78, 5) is 0. The van der Waals surface area contributed by atoms with Crippen LogP contribution in [0.25, 0.3) is 0 Å². The van der Waals surface area contributed by atoms with Gasteiger partial charge in [0.2, 0.25) is 0 Å². The standard InChI is InChI=1S/3B.3FH/h;;;3*1H. The lowest BCUT2D eigenvalue weighted by molar-refractivity contribution is 1.11. The van der Waals surface area contributed by atoms with Gasteiger partial charge in [0.25, 0.3) is 0 Å². The minimum atomic E-state index is 0. The average molecular weight is 92.5 g/mol. The zero-order valence-corrected chi connectivity index (χ0v) is 2.96. The molecule has 0 unspecified atom stereocenters. The Morgan fingerprint density at radius 1 is 0.333 bits per heavy atom. The molecule has 0 amide bonds. The summed E-state index contributed by atoms with van der Waals surface area (Å²) in [6.45, 7) is 0. The number of halogens is 3. The molecule has 0 heterocycles. The number of hydrogen-bond acceptors (Lipinski definition) is 0. The maximum absolute atomic E-state index is 0. The van der Waals surface area contributed by atoms with Gasteiger partial charge in [-0.1, -0.05) is 0 Å². The highest BCUT2D eigenvalue weighted by molar-refractivity contribution is 5.76. The van der Waals surface area contributed by atoms with Crippen molar-refractivity contribution in [3.8, 4) is 0 Å². The minimum absolute atomic E-state index is 0. The van der Waals surface area contributed by atoms with Gasteiger partial charge in [0.05, 0.1) is 0 Å². The van der Waals surface area contributed by atoms with E-state index in [1.165, 1.54) is 0 Å². The van der Waals surface area contributed by atoms with E-state index in [1.54, 1.807) is 0 Å². The van der Waals surface area contributed by atoms with Crippen molar-refractivity contribution in [3.63, 3.8) is 0 Å². The lowest BCUT2D eigenvalue weighted by atomic mass is 10.8. The molecule has 0 aliphatic rings. The highest BCUT2D eigenvalue weighted by Gasteiger charge is 0.00203. The van der Waals surface area contributed by atoms with Crippen molar-refractivity contribution < 1.29 is 14.1 Å². The van der Waals surface area contributed by atoms with Crippen LogP contribution in [0.2, 0.25) is 0 Å². The van der Waals surface area contributed by atoms with Crippen LogP contribution in [0.1, 0.15) is 0 Å². The zero-order valence-electron chi connectivity index (χ0n) is 2.96. The zero-order chi connectivity index (χ0) is 0. The molecule has 0 atom stereocenters. The molecule has 0 saturated heterocycles. The third-order valence-corrected chi connectivity index (χ3v) is 0. The molecule has 0 N–H and O–H groups in total. The lowest BCUT2D eigenvalue weighted by Crippen LogP contribution is -0.382. The van der Waals surface area contributed by atoms with Crippen LogP contribution in [0.3, 0.4) is 0 Å². The highest BCUT2D eigenvalue weighted by Crippen LogP contribution is 0.422. The van der Waals surface area contributed by atoms with E-state index in [0.717, 1.165) is 0 Å². The first-order valence-corrected chi connectivity index (χ1v) is 0. The monoisotopic (exact) mass is 93.0 g/mol. The van der Waals surface area contributed by atoms with Crippen LogP contribution in [0.5, 0.6) is 0 Å². The third-order valence-electron chi connectivity index (χ3n) is 0. The van der Waals surface area contributed by atoms with Gasteiger partial charge in [-0.2, -0.15) is 0 Å². The first-order chi connectivity index (χ1) is 0. The molecule has 6 heteroatoms. The predicted molar refractivity (Wildman–Crippen MR) is 24.8 cm³/mol. The van der Waals surface area contributed by atoms with E-state index in [0.29, 0.717) is 0 Å². The molecule has 0 bridgehead atoms. The van der Waals surface area contributed by atoms with E-state index in [9.17, 15) is 0 Å². The molecule has 0 nitrogen and oxygen atoms in total. The summed E-state index contributed by atoms with van der Waals surface area (Å²) in [5.41, 5.74) is 0. The van der Waals surface area contributed by atoms with Gasteiger partial charge in [-0.25, -0.2) is 0 Å². The summed E-state index contributed by atoms with van der Waals surface area (Å²) in [5.74, 6) is 0. The van der Waals surface area contributed by atoms with Crippen molar-refractivity contribution >= 4 is 25.2 Å². The van der Waals surface area contributed by atoms with E-state index in [1.807, 2.05) is 0 Å². The molecule has 6 heavy (non-hydrogen) atoms. The summed E-state index contributed by atoms with van der Waals surface area (Å²) in [5, 5.41) is 0. The molecule has 0 aromatic rings. The average Bonchev–Trinajstić information content (AvgIpc) is 0. The van der Waals surface area contributed by atoms with Gasteiger partial charge in [0.1, 0.15) is 0 Å². The first-order valence-electron chi connectivity index (χ1n) is 0. The topological polar surface area (TPSA) is 0 Å². The number of hydrogen-bond donors (Lipinski definition) is 0. The molecule has 0 aliphatic heterocycles. The van der Waals surface area contributed by atoms with Crippen molar-refractivity contribution in [2.45, 2.75) is 0 Å².